The molecule has 1 saturated heterocycles. The van der Waals surface area contributed by atoms with Gasteiger partial charge >= 0.3 is 12.1 Å². The van der Waals surface area contributed by atoms with Crippen LogP contribution in [-0.2, 0) is 33.6 Å². The van der Waals surface area contributed by atoms with E-state index >= 15 is 0 Å². The fourth-order valence-corrected chi connectivity index (χ4v) is 5.39. The van der Waals surface area contributed by atoms with E-state index in [0.29, 0.717) is 16.8 Å². The van der Waals surface area contributed by atoms with Gasteiger partial charge in [0.1, 0.15) is 11.9 Å². The number of carbonyl (C=O) groups is 4. The number of carbonyl (C=O) groups excluding carboxylic acids is 4. The summed E-state index contributed by atoms with van der Waals surface area (Å²) < 4.78 is 41.6. The average Bonchev–Trinajstić information content (AvgIpc) is 3.13. The number of halogens is 1. The van der Waals surface area contributed by atoms with Gasteiger partial charge in [0.25, 0.3) is 5.91 Å². The minimum absolute atomic E-state index is 0.0364. The van der Waals surface area contributed by atoms with E-state index in [1.54, 1.807) is 12.1 Å². The molecule has 2 aliphatic rings. The lowest BCUT2D eigenvalue weighted by atomic mass is 10.0. The predicted octanol–water partition coefficient (Wildman–Crippen LogP) is 2.02. The van der Waals surface area contributed by atoms with Crippen LogP contribution in [0.25, 0.3) is 5.57 Å². The molecule has 3 rings (SSSR count). The molecule has 3 amide bonds. The molecular formula is C22H26FN3O7S. The van der Waals surface area contributed by atoms with Gasteiger partial charge in [-0.25, -0.2) is 13.4 Å². The minimum atomic E-state index is -2.88. The second-order valence-corrected chi connectivity index (χ2v) is 10.5. The fourth-order valence-electron chi connectivity index (χ4n) is 3.58. The Kier molecular flexibility index (Phi) is 7.70. The van der Waals surface area contributed by atoms with Gasteiger partial charge in [-0.15, -0.1) is 0 Å². The number of benzene rings is 1. The summed E-state index contributed by atoms with van der Waals surface area (Å²) in [4.78, 5) is 47.6. The van der Waals surface area contributed by atoms with Crippen LogP contribution >= 0.6 is 0 Å². The second-order valence-electron chi connectivity index (χ2n) is 8.02. The standard InChI is InChI=1S/C22H26FN3O7S/c1-13(32-15(3)28)21(29)25-34(31)8-6-16(7-9-34)19-5-4-17(10-20(19)23)26-12-18(33-22(26)30)11-24-14(2)27/h4-6,10,13,18H,7-9,11-12H2,1-3H3,(H,24,27)/t13-,18-,34?/m0/s1. The molecular weight excluding hydrogens is 469 g/mol. The third-order valence-corrected chi connectivity index (χ3v) is 7.33. The van der Waals surface area contributed by atoms with E-state index in [9.17, 15) is 27.8 Å². The molecule has 12 heteroatoms. The molecule has 0 radical (unpaired) electrons. The number of cyclic esters (lactones) is 1. The Hall–Kier alpha value is -3.28. The molecule has 10 nitrogen and oxygen atoms in total. The van der Waals surface area contributed by atoms with Crippen LogP contribution in [0.1, 0.15) is 32.8 Å². The van der Waals surface area contributed by atoms with E-state index in [1.807, 2.05) is 0 Å². The van der Waals surface area contributed by atoms with E-state index in [1.165, 1.54) is 30.9 Å². The maximum absolute atomic E-state index is 14.9. The number of hydrogen-bond acceptors (Lipinski definition) is 7. The molecule has 34 heavy (non-hydrogen) atoms. The fraction of sp³-hybridized carbons (Fsp3) is 0.455. The highest BCUT2D eigenvalue weighted by Gasteiger charge is 2.33. The number of allylic oxidation sites excluding steroid dienone is 1. The van der Waals surface area contributed by atoms with Crippen LogP contribution in [0.15, 0.2) is 28.6 Å². The molecule has 184 valence electrons. The molecule has 0 bridgehead atoms. The molecule has 0 aliphatic carbocycles. The van der Waals surface area contributed by atoms with E-state index in [-0.39, 0.29) is 36.9 Å². The van der Waals surface area contributed by atoms with Gasteiger partial charge in [-0.05, 0) is 37.1 Å². The number of hydrogen-bond donors (Lipinski definition) is 1. The Morgan fingerprint density at radius 1 is 1.35 bits per heavy atom. The number of nitrogens with zero attached hydrogens (tertiary/aromatic N) is 2. The van der Waals surface area contributed by atoms with Crippen molar-refractivity contribution in [3.63, 3.8) is 0 Å². The lowest BCUT2D eigenvalue weighted by molar-refractivity contribution is -0.151. The number of rotatable bonds is 6. The van der Waals surface area contributed by atoms with Crippen LogP contribution < -0.4 is 10.2 Å². The van der Waals surface area contributed by atoms with Crippen LogP contribution in [0, 0.1) is 5.82 Å². The Balaban J connectivity index is 1.71. The van der Waals surface area contributed by atoms with Gasteiger partial charge in [-0.3, -0.25) is 19.3 Å². The summed E-state index contributed by atoms with van der Waals surface area (Å²) in [5.41, 5.74) is 1.23. The molecule has 2 heterocycles. The first-order chi connectivity index (χ1) is 16.0. The number of nitrogens with one attached hydrogen (secondary N) is 1. The molecule has 1 fully saturated rings. The zero-order valence-corrected chi connectivity index (χ0v) is 19.9. The highest BCUT2D eigenvalue weighted by Crippen LogP contribution is 2.30. The van der Waals surface area contributed by atoms with Gasteiger partial charge in [-0.1, -0.05) is 6.08 Å². The summed E-state index contributed by atoms with van der Waals surface area (Å²) >= 11 is 0. The maximum Gasteiger partial charge on any atom is 0.414 e. The van der Waals surface area contributed by atoms with Crippen molar-refractivity contribution in [2.45, 2.75) is 39.4 Å². The van der Waals surface area contributed by atoms with Gasteiger partial charge in [0.15, 0.2) is 6.10 Å². The molecule has 1 aromatic rings. The van der Waals surface area contributed by atoms with E-state index in [0.717, 1.165) is 6.92 Å². The smallest absolute Gasteiger partial charge is 0.414 e. The molecule has 1 N–H and O–H groups in total. The molecule has 0 aromatic heterocycles. The number of esters is 1. The van der Waals surface area contributed by atoms with Crippen molar-refractivity contribution in [3.05, 3.63) is 35.7 Å². The van der Waals surface area contributed by atoms with Crippen LogP contribution in [0.4, 0.5) is 14.9 Å². The van der Waals surface area contributed by atoms with Crippen molar-refractivity contribution < 1.29 is 37.3 Å². The van der Waals surface area contributed by atoms with Crippen molar-refractivity contribution in [1.29, 1.82) is 0 Å². The SMILES string of the molecule is CC(=O)NC[C@H]1CN(c2ccc(C3=CCS(=O)(=NC(=O)[C@H](C)OC(C)=O)CC3)c(F)c2)C(=O)O1. The maximum atomic E-state index is 14.9. The zero-order chi connectivity index (χ0) is 25.0. The normalized spacial score (nSPS) is 22.9. The molecule has 0 spiro atoms. The topological polar surface area (TPSA) is 131 Å². The molecule has 1 unspecified atom stereocenters. The monoisotopic (exact) mass is 495 g/mol. The Bertz CT molecular complexity index is 1170. The van der Waals surface area contributed by atoms with Crippen molar-refractivity contribution in [1.82, 2.24) is 5.32 Å². The Labute approximate surface area is 196 Å². The highest BCUT2D eigenvalue weighted by molar-refractivity contribution is 7.94. The summed E-state index contributed by atoms with van der Waals surface area (Å²) in [6.07, 6.45) is -0.471. The van der Waals surface area contributed by atoms with Crippen LogP contribution in [0.5, 0.6) is 0 Å². The van der Waals surface area contributed by atoms with Crippen molar-refractivity contribution >= 4 is 44.9 Å². The first-order valence-electron chi connectivity index (χ1n) is 10.6. The van der Waals surface area contributed by atoms with Crippen LogP contribution in [0.2, 0.25) is 0 Å². The third-order valence-electron chi connectivity index (χ3n) is 5.29. The Morgan fingerprint density at radius 2 is 2.09 bits per heavy atom. The lowest BCUT2D eigenvalue weighted by Gasteiger charge is -2.19. The van der Waals surface area contributed by atoms with E-state index in [4.69, 9.17) is 9.47 Å². The first kappa shape index (κ1) is 25.3. The minimum Gasteiger partial charge on any atom is -0.453 e. The van der Waals surface area contributed by atoms with Gasteiger partial charge in [0, 0.05) is 25.2 Å². The van der Waals surface area contributed by atoms with Crippen molar-refractivity contribution in [2.24, 2.45) is 4.36 Å². The van der Waals surface area contributed by atoms with Crippen molar-refractivity contribution in [3.8, 4) is 0 Å². The zero-order valence-electron chi connectivity index (χ0n) is 19.0. The summed E-state index contributed by atoms with van der Waals surface area (Å²) in [5, 5.41) is 2.58. The molecule has 1 aromatic carbocycles. The number of amides is 3. The Morgan fingerprint density at radius 3 is 2.68 bits per heavy atom. The second kappa shape index (κ2) is 10.3. The summed E-state index contributed by atoms with van der Waals surface area (Å²) in [7, 11) is -2.88. The number of anilines is 1. The summed E-state index contributed by atoms with van der Waals surface area (Å²) in [5.74, 6) is -2.20. The average molecular weight is 496 g/mol. The molecule has 2 aliphatic heterocycles. The van der Waals surface area contributed by atoms with Gasteiger partial charge in [0.2, 0.25) is 5.91 Å². The van der Waals surface area contributed by atoms with Gasteiger partial charge < -0.3 is 14.8 Å². The molecule has 0 saturated carbocycles. The quantitative estimate of drug-likeness (QED) is 0.597. The molecule has 3 atom stereocenters. The largest absolute Gasteiger partial charge is 0.453 e. The summed E-state index contributed by atoms with van der Waals surface area (Å²) in [6, 6.07) is 4.34. The van der Waals surface area contributed by atoms with Crippen LogP contribution in [-0.4, -0.2) is 64.9 Å². The van der Waals surface area contributed by atoms with E-state index in [2.05, 4.69) is 9.68 Å². The third kappa shape index (κ3) is 6.19. The lowest BCUT2D eigenvalue weighted by Crippen LogP contribution is -2.33. The predicted molar refractivity (Wildman–Crippen MR) is 122 cm³/mol. The summed E-state index contributed by atoms with van der Waals surface area (Å²) in [6.45, 7) is 4.21. The van der Waals surface area contributed by atoms with Crippen molar-refractivity contribution in [2.75, 3.05) is 29.5 Å². The first-order valence-corrected chi connectivity index (χ1v) is 12.5. The van der Waals surface area contributed by atoms with Gasteiger partial charge in [-0.2, -0.15) is 4.36 Å². The van der Waals surface area contributed by atoms with Crippen LogP contribution in [0.3, 0.4) is 0 Å². The van der Waals surface area contributed by atoms with Gasteiger partial charge in [0.05, 0.1) is 34.3 Å². The number of ether oxygens (including phenoxy) is 2. The highest BCUT2D eigenvalue weighted by atomic mass is 32.2. The van der Waals surface area contributed by atoms with E-state index < -0.39 is 45.7 Å².